The van der Waals surface area contributed by atoms with Crippen LogP contribution in [0.2, 0.25) is 0 Å². The van der Waals surface area contributed by atoms with E-state index in [9.17, 15) is 18.0 Å². The molecule has 0 heterocycles. The number of hydrogen-bond donors (Lipinski definition) is 0. The van der Waals surface area contributed by atoms with E-state index in [1.54, 1.807) is 0 Å². The van der Waals surface area contributed by atoms with Crippen LogP contribution in [0.25, 0.3) is 0 Å². The number of alkyl halides is 3. The fourth-order valence-electron chi connectivity index (χ4n) is 2.29. The van der Waals surface area contributed by atoms with E-state index in [0.717, 1.165) is 12.1 Å². The minimum atomic E-state index is -4.40. The van der Waals surface area contributed by atoms with Crippen molar-refractivity contribution in [3.8, 4) is 0 Å². The third kappa shape index (κ3) is 3.03. The van der Waals surface area contributed by atoms with Gasteiger partial charge in [-0.3, -0.25) is 4.79 Å². The number of benzene rings is 1. The maximum Gasteiger partial charge on any atom is 0.416 e. The number of methoxy groups -OCH3 is 1. The Morgan fingerprint density at radius 3 is 2.10 bits per heavy atom. The Bertz CT molecular complexity index is 480. The first-order valence-electron chi connectivity index (χ1n) is 6.49. The van der Waals surface area contributed by atoms with Gasteiger partial charge in [-0.1, -0.05) is 19.9 Å². The molecule has 0 saturated heterocycles. The van der Waals surface area contributed by atoms with Crippen LogP contribution in [-0.2, 0) is 10.9 Å². The minimum absolute atomic E-state index is 0.267. The third-order valence-corrected chi connectivity index (χ3v) is 3.75. The van der Waals surface area contributed by atoms with Crippen molar-refractivity contribution in [2.45, 2.75) is 45.4 Å². The molecule has 112 valence electrons. The van der Waals surface area contributed by atoms with Crippen molar-refractivity contribution >= 4 is 5.78 Å². The molecule has 0 bridgehead atoms. The molecule has 0 saturated carbocycles. The summed E-state index contributed by atoms with van der Waals surface area (Å²) >= 11 is 0. The van der Waals surface area contributed by atoms with Gasteiger partial charge in [0.15, 0.2) is 5.78 Å². The maximum absolute atomic E-state index is 12.6. The van der Waals surface area contributed by atoms with Gasteiger partial charge in [-0.05, 0) is 37.5 Å². The Morgan fingerprint density at radius 1 is 1.20 bits per heavy atom. The highest BCUT2D eigenvalue weighted by molar-refractivity contribution is 6.03. The predicted octanol–water partition coefficient (Wildman–Crippen LogP) is 4.40. The average Bonchev–Trinajstić information content (AvgIpc) is 2.40. The number of carbonyl (C=O) groups is 1. The molecule has 0 radical (unpaired) electrons. The lowest BCUT2D eigenvalue weighted by atomic mass is 9.85. The Morgan fingerprint density at radius 2 is 1.75 bits per heavy atom. The van der Waals surface area contributed by atoms with Crippen molar-refractivity contribution in [3.05, 3.63) is 34.9 Å². The summed E-state index contributed by atoms with van der Waals surface area (Å²) in [7, 11) is 1.45. The topological polar surface area (TPSA) is 26.3 Å². The molecule has 1 aromatic carbocycles. The lowest BCUT2D eigenvalue weighted by Gasteiger charge is -2.29. The second-order valence-electron chi connectivity index (χ2n) is 4.76. The number of halogens is 3. The molecule has 0 unspecified atom stereocenters. The Hall–Kier alpha value is -1.36. The molecule has 0 aliphatic heterocycles. The first-order valence-corrected chi connectivity index (χ1v) is 6.49. The normalized spacial score (nSPS) is 12.6. The fourth-order valence-corrected chi connectivity index (χ4v) is 2.29. The Balaban J connectivity index is 3.25. The number of ketones is 1. The van der Waals surface area contributed by atoms with Crippen molar-refractivity contribution in [2.24, 2.45) is 0 Å². The van der Waals surface area contributed by atoms with Crippen molar-refractivity contribution in [2.75, 3.05) is 7.11 Å². The summed E-state index contributed by atoms with van der Waals surface area (Å²) in [6, 6.07) is 3.17. The van der Waals surface area contributed by atoms with E-state index in [-0.39, 0.29) is 11.3 Å². The van der Waals surface area contributed by atoms with Gasteiger partial charge in [0.2, 0.25) is 0 Å². The molecule has 0 atom stereocenters. The number of Topliss-reactive ketones (excluding diaryl/α,β-unsaturated/α-hetero) is 1. The van der Waals surface area contributed by atoms with Crippen LogP contribution in [-0.4, -0.2) is 18.5 Å². The molecule has 0 amide bonds. The van der Waals surface area contributed by atoms with E-state index in [0.29, 0.717) is 18.4 Å². The van der Waals surface area contributed by atoms with Gasteiger partial charge in [0.1, 0.15) is 5.60 Å². The molecule has 0 aromatic heterocycles. The average molecular weight is 288 g/mol. The molecular weight excluding hydrogens is 269 g/mol. The molecule has 1 aromatic rings. The van der Waals surface area contributed by atoms with Crippen LogP contribution in [0.4, 0.5) is 13.2 Å². The van der Waals surface area contributed by atoms with E-state index in [4.69, 9.17) is 4.74 Å². The highest BCUT2D eigenvalue weighted by atomic mass is 19.4. The summed E-state index contributed by atoms with van der Waals surface area (Å²) < 4.78 is 43.2. The SMILES string of the molecule is CCC(CC)(OC)C(=O)c1ccc(C(F)(F)F)cc1C. The lowest BCUT2D eigenvalue weighted by Crippen LogP contribution is -2.40. The van der Waals surface area contributed by atoms with Crippen LogP contribution in [0.1, 0.15) is 48.2 Å². The third-order valence-electron chi connectivity index (χ3n) is 3.75. The van der Waals surface area contributed by atoms with E-state index < -0.39 is 17.3 Å². The van der Waals surface area contributed by atoms with Crippen LogP contribution < -0.4 is 0 Å². The standard InChI is InChI=1S/C15H19F3O2/c1-5-14(6-2,20-4)13(19)12-8-7-11(9-10(12)3)15(16,17)18/h7-9H,5-6H2,1-4H3. The zero-order chi connectivity index (χ0) is 15.6. The molecule has 0 spiro atoms. The number of aryl methyl sites for hydroxylation is 1. The summed E-state index contributed by atoms with van der Waals surface area (Å²) in [6.07, 6.45) is -3.46. The summed E-state index contributed by atoms with van der Waals surface area (Å²) in [6.45, 7) is 5.16. The number of ether oxygens (including phenoxy) is 1. The molecule has 2 nitrogen and oxygen atoms in total. The highest BCUT2D eigenvalue weighted by Crippen LogP contribution is 2.32. The highest BCUT2D eigenvalue weighted by Gasteiger charge is 2.37. The van der Waals surface area contributed by atoms with Crippen LogP contribution in [0.5, 0.6) is 0 Å². The smallest absolute Gasteiger partial charge is 0.370 e. The summed E-state index contributed by atoms with van der Waals surface area (Å²) in [4.78, 5) is 12.5. The quantitative estimate of drug-likeness (QED) is 0.751. The molecule has 0 N–H and O–H groups in total. The fraction of sp³-hybridized carbons (Fsp3) is 0.533. The van der Waals surface area contributed by atoms with Gasteiger partial charge in [0.05, 0.1) is 5.56 Å². The number of rotatable bonds is 5. The number of hydrogen-bond acceptors (Lipinski definition) is 2. The molecule has 0 fully saturated rings. The molecule has 5 heteroatoms. The van der Waals surface area contributed by atoms with Crippen molar-refractivity contribution in [1.29, 1.82) is 0 Å². The Kier molecular flexibility index (Phi) is 4.97. The molecule has 20 heavy (non-hydrogen) atoms. The van der Waals surface area contributed by atoms with Crippen molar-refractivity contribution in [3.63, 3.8) is 0 Å². The molecule has 1 rings (SSSR count). The number of carbonyl (C=O) groups excluding carboxylic acids is 1. The lowest BCUT2D eigenvalue weighted by molar-refractivity contribution is -0.137. The Labute approximate surface area is 116 Å². The van der Waals surface area contributed by atoms with E-state index in [1.807, 2.05) is 13.8 Å². The molecule has 0 aliphatic carbocycles. The van der Waals surface area contributed by atoms with Gasteiger partial charge in [-0.2, -0.15) is 13.2 Å². The minimum Gasteiger partial charge on any atom is -0.370 e. The predicted molar refractivity (Wildman–Crippen MR) is 70.8 cm³/mol. The first-order chi connectivity index (χ1) is 9.21. The van der Waals surface area contributed by atoms with Crippen molar-refractivity contribution < 1.29 is 22.7 Å². The second kappa shape index (κ2) is 5.95. The van der Waals surface area contributed by atoms with Gasteiger partial charge < -0.3 is 4.74 Å². The van der Waals surface area contributed by atoms with Gasteiger partial charge in [0.25, 0.3) is 0 Å². The van der Waals surface area contributed by atoms with Crippen LogP contribution in [0.15, 0.2) is 18.2 Å². The zero-order valence-electron chi connectivity index (χ0n) is 12.1. The largest absolute Gasteiger partial charge is 0.416 e. The second-order valence-corrected chi connectivity index (χ2v) is 4.76. The summed E-state index contributed by atoms with van der Waals surface area (Å²) in [5.74, 6) is -0.267. The van der Waals surface area contributed by atoms with E-state index in [2.05, 4.69) is 0 Å². The van der Waals surface area contributed by atoms with Crippen molar-refractivity contribution in [1.82, 2.24) is 0 Å². The summed E-state index contributed by atoms with van der Waals surface area (Å²) in [5.41, 5.74) is -1.12. The molecular formula is C15H19F3O2. The van der Waals surface area contributed by atoms with E-state index >= 15 is 0 Å². The van der Waals surface area contributed by atoms with Gasteiger partial charge >= 0.3 is 6.18 Å². The van der Waals surface area contributed by atoms with Crippen LogP contribution >= 0.6 is 0 Å². The monoisotopic (exact) mass is 288 g/mol. The summed E-state index contributed by atoms with van der Waals surface area (Å²) in [5, 5.41) is 0. The zero-order valence-corrected chi connectivity index (χ0v) is 12.1. The van der Waals surface area contributed by atoms with Gasteiger partial charge in [-0.15, -0.1) is 0 Å². The van der Waals surface area contributed by atoms with Crippen LogP contribution in [0, 0.1) is 6.92 Å². The first kappa shape index (κ1) is 16.7. The molecule has 0 aliphatic rings. The van der Waals surface area contributed by atoms with Gasteiger partial charge in [-0.25, -0.2) is 0 Å². The van der Waals surface area contributed by atoms with Gasteiger partial charge in [0, 0.05) is 12.7 Å². The van der Waals surface area contributed by atoms with Crippen LogP contribution in [0.3, 0.4) is 0 Å². The van der Waals surface area contributed by atoms with E-state index in [1.165, 1.54) is 20.1 Å². The maximum atomic E-state index is 12.6.